The van der Waals surface area contributed by atoms with E-state index in [4.69, 9.17) is 5.73 Å². The summed E-state index contributed by atoms with van der Waals surface area (Å²) in [5, 5.41) is 2.21. The summed E-state index contributed by atoms with van der Waals surface area (Å²) in [6.45, 7) is 4.42. The van der Waals surface area contributed by atoms with Crippen LogP contribution in [0.3, 0.4) is 0 Å². The monoisotopic (exact) mass is 216 g/mol. The number of nitrogens with one attached hydrogen (secondary N) is 1. The minimum Gasteiger partial charge on any atom is -0.464 e. The van der Waals surface area contributed by atoms with E-state index in [9.17, 15) is 14.4 Å². The maximum absolute atomic E-state index is 11.2. The number of ether oxygens (including phenoxy) is 1. The van der Waals surface area contributed by atoms with E-state index in [0.717, 1.165) is 0 Å². The minimum absolute atomic E-state index is 0.149. The minimum atomic E-state index is -1.26. The molecule has 0 fully saturated rings. The Morgan fingerprint density at radius 3 is 2.27 bits per heavy atom. The smallest absolute Gasteiger partial charge is 0.336 e. The number of hydrogen-bond donors (Lipinski definition) is 2. The summed E-state index contributed by atoms with van der Waals surface area (Å²) >= 11 is 0. The molecule has 1 amide bonds. The van der Waals surface area contributed by atoms with Crippen molar-refractivity contribution in [2.24, 2.45) is 5.73 Å². The molecular weight excluding hydrogens is 200 g/mol. The van der Waals surface area contributed by atoms with Crippen LogP contribution in [0, 0.1) is 0 Å². The van der Waals surface area contributed by atoms with Gasteiger partial charge >= 0.3 is 5.97 Å². The fourth-order valence-corrected chi connectivity index (χ4v) is 0.826. The average Bonchev–Trinajstić information content (AvgIpc) is 2.13. The molecule has 0 radical (unpaired) electrons. The first kappa shape index (κ1) is 13.6. The van der Waals surface area contributed by atoms with Crippen molar-refractivity contribution in [2.75, 3.05) is 6.61 Å². The lowest BCUT2D eigenvalue weighted by atomic mass is 10.2. The first-order valence-electron chi connectivity index (χ1n) is 4.63. The Hall–Kier alpha value is -1.43. The number of Topliss-reactive ketones (excluding diaryl/α,β-unsaturated/α-hetero) is 1. The van der Waals surface area contributed by atoms with Gasteiger partial charge in [-0.2, -0.15) is 0 Å². The van der Waals surface area contributed by atoms with Crippen molar-refractivity contribution in [1.82, 2.24) is 5.32 Å². The number of amides is 1. The zero-order valence-electron chi connectivity index (χ0n) is 9.07. The second-order valence-electron chi connectivity index (χ2n) is 3.09. The Labute approximate surface area is 88.1 Å². The van der Waals surface area contributed by atoms with Crippen molar-refractivity contribution in [1.29, 1.82) is 0 Å². The summed E-state index contributed by atoms with van der Waals surface area (Å²) in [4.78, 5) is 33.5. The van der Waals surface area contributed by atoms with Crippen molar-refractivity contribution < 1.29 is 19.1 Å². The van der Waals surface area contributed by atoms with Crippen LogP contribution in [0.1, 0.15) is 20.8 Å². The molecule has 3 N–H and O–H groups in total. The van der Waals surface area contributed by atoms with Crippen LogP contribution in [-0.2, 0) is 19.1 Å². The largest absolute Gasteiger partial charge is 0.464 e. The summed E-state index contributed by atoms with van der Waals surface area (Å²) in [6, 6.07) is -2.04. The molecule has 0 aliphatic heterocycles. The standard InChI is InChI=1S/C9H16N2O4/c1-4-15-9(14)7(6(3)12)11-8(13)5(2)10/h5,7H,4,10H2,1-3H3,(H,11,13). The summed E-state index contributed by atoms with van der Waals surface area (Å²) in [5.74, 6) is -1.82. The molecule has 6 nitrogen and oxygen atoms in total. The molecule has 0 bridgehead atoms. The van der Waals surface area contributed by atoms with Crippen LogP contribution in [0.5, 0.6) is 0 Å². The van der Waals surface area contributed by atoms with E-state index in [2.05, 4.69) is 10.1 Å². The number of carbonyl (C=O) groups excluding carboxylic acids is 3. The number of rotatable bonds is 5. The molecule has 6 heteroatoms. The van der Waals surface area contributed by atoms with Gasteiger partial charge in [-0.3, -0.25) is 9.59 Å². The Bertz CT molecular complexity index is 263. The van der Waals surface area contributed by atoms with Gasteiger partial charge in [0.1, 0.15) is 0 Å². The fourth-order valence-electron chi connectivity index (χ4n) is 0.826. The molecular formula is C9H16N2O4. The van der Waals surface area contributed by atoms with E-state index in [1.165, 1.54) is 13.8 Å². The quantitative estimate of drug-likeness (QED) is 0.452. The van der Waals surface area contributed by atoms with Crippen LogP contribution in [-0.4, -0.2) is 36.4 Å². The molecule has 0 aliphatic carbocycles. The van der Waals surface area contributed by atoms with Crippen LogP contribution in [0.2, 0.25) is 0 Å². The van der Waals surface area contributed by atoms with E-state index >= 15 is 0 Å². The van der Waals surface area contributed by atoms with Crippen LogP contribution >= 0.6 is 0 Å². The lowest BCUT2D eigenvalue weighted by Crippen LogP contribution is -2.51. The topological polar surface area (TPSA) is 98.5 Å². The highest BCUT2D eigenvalue weighted by Gasteiger charge is 2.27. The molecule has 86 valence electrons. The fraction of sp³-hybridized carbons (Fsp3) is 0.667. The van der Waals surface area contributed by atoms with Gasteiger partial charge in [-0.1, -0.05) is 0 Å². The van der Waals surface area contributed by atoms with Gasteiger partial charge in [0, 0.05) is 0 Å². The number of nitrogens with two attached hydrogens (primary N) is 1. The molecule has 0 saturated heterocycles. The zero-order valence-corrected chi connectivity index (χ0v) is 9.07. The third kappa shape index (κ3) is 4.55. The maximum atomic E-state index is 11.2. The van der Waals surface area contributed by atoms with Gasteiger partial charge < -0.3 is 15.8 Å². The highest BCUT2D eigenvalue weighted by molar-refractivity contribution is 6.05. The van der Waals surface area contributed by atoms with Crippen LogP contribution < -0.4 is 11.1 Å². The lowest BCUT2D eigenvalue weighted by molar-refractivity contribution is -0.150. The van der Waals surface area contributed by atoms with Gasteiger partial charge in [-0.15, -0.1) is 0 Å². The molecule has 2 atom stereocenters. The summed E-state index contributed by atoms with van der Waals surface area (Å²) < 4.78 is 4.63. The predicted molar refractivity (Wildman–Crippen MR) is 52.9 cm³/mol. The van der Waals surface area contributed by atoms with Crippen molar-refractivity contribution in [3.8, 4) is 0 Å². The van der Waals surface area contributed by atoms with Gasteiger partial charge in [0.05, 0.1) is 12.6 Å². The van der Waals surface area contributed by atoms with E-state index in [1.54, 1.807) is 6.92 Å². The van der Waals surface area contributed by atoms with Gasteiger partial charge in [-0.05, 0) is 20.8 Å². The average molecular weight is 216 g/mol. The molecule has 0 spiro atoms. The third-order valence-corrected chi connectivity index (χ3v) is 1.63. The highest BCUT2D eigenvalue weighted by Crippen LogP contribution is 1.92. The Kier molecular flexibility index (Phi) is 5.54. The lowest BCUT2D eigenvalue weighted by Gasteiger charge is -2.15. The molecule has 0 aromatic heterocycles. The molecule has 0 rings (SSSR count). The second-order valence-corrected chi connectivity index (χ2v) is 3.09. The summed E-state index contributed by atoms with van der Waals surface area (Å²) in [6.07, 6.45) is 0. The first-order chi connectivity index (χ1) is 6.90. The van der Waals surface area contributed by atoms with E-state index in [-0.39, 0.29) is 6.61 Å². The molecule has 0 saturated carbocycles. The summed E-state index contributed by atoms with van der Waals surface area (Å²) in [7, 11) is 0. The van der Waals surface area contributed by atoms with Crippen molar-refractivity contribution in [3.63, 3.8) is 0 Å². The summed E-state index contributed by atoms with van der Waals surface area (Å²) in [5.41, 5.74) is 5.28. The third-order valence-electron chi connectivity index (χ3n) is 1.63. The SMILES string of the molecule is CCOC(=O)C(NC(=O)C(C)N)C(C)=O. The molecule has 2 unspecified atom stereocenters. The van der Waals surface area contributed by atoms with Gasteiger partial charge in [0.25, 0.3) is 0 Å². The Morgan fingerprint density at radius 2 is 1.93 bits per heavy atom. The Balaban J connectivity index is 4.48. The molecule has 0 aliphatic rings. The van der Waals surface area contributed by atoms with E-state index < -0.39 is 29.7 Å². The number of ketones is 1. The second kappa shape index (κ2) is 6.13. The first-order valence-corrected chi connectivity index (χ1v) is 4.63. The van der Waals surface area contributed by atoms with Crippen molar-refractivity contribution >= 4 is 17.7 Å². The van der Waals surface area contributed by atoms with Crippen LogP contribution in [0.25, 0.3) is 0 Å². The number of carbonyl (C=O) groups is 3. The number of hydrogen-bond acceptors (Lipinski definition) is 5. The van der Waals surface area contributed by atoms with Crippen molar-refractivity contribution in [3.05, 3.63) is 0 Å². The van der Waals surface area contributed by atoms with E-state index in [0.29, 0.717) is 0 Å². The number of esters is 1. The van der Waals surface area contributed by atoms with Gasteiger partial charge in [0.2, 0.25) is 5.91 Å². The van der Waals surface area contributed by atoms with E-state index in [1.807, 2.05) is 0 Å². The maximum Gasteiger partial charge on any atom is 0.336 e. The predicted octanol–water partition coefficient (Wildman–Crippen LogP) is -1.03. The Morgan fingerprint density at radius 1 is 1.40 bits per heavy atom. The van der Waals surface area contributed by atoms with Crippen LogP contribution in [0.4, 0.5) is 0 Å². The highest BCUT2D eigenvalue weighted by atomic mass is 16.5. The molecule has 0 aromatic carbocycles. The normalized spacial score (nSPS) is 13.9. The zero-order chi connectivity index (χ0) is 12.0. The molecule has 0 aromatic rings. The van der Waals surface area contributed by atoms with Crippen LogP contribution in [0.15, 0.2) is 0 Å². The van der Waals surface area contributed by atoms with Gasteiger partial charge in [0.15, 0.2) is 11.8 Å². The molecule has 0 heterocycles. The van der Waals surface area contributed by atoms with Gasteiger partial charge in [-0.25, -0.2) is 4.79 Å². The van der Waals surface area contributed by atoms with Crippen molar-refractivity contribution in [2.45, 2.75) is 32.9 Å². The molecule has 15 heavy (non-hydrogen) atoms.